The minimum absolute atomic E-state index is 0.210. The lowest BCUT2D eigenvalue weighted by molar-refractivity contribution is 0.0377. The van der Waals surface area contributed by atoms with Gasteiger partial charge < -0.3 is 14.8 Å². The Labute approximate surface area is 210 Å². The van der Waals surface area contributed by atoms with Gasteiger partial charge in [-0.2, -0.15) is 0 Å². The lowest BCUT2D eigenvalue weighted by Gasteiger charge is -2.17. The first-order valence-corrected chi connectivity index (χ1v) is 11.7. The van der Waals surface area contributed by atoms with Crippen LogP contribution in [-0.4, -0.2) is 34.8 Å². The van der Waals surface area contributed by atoms with Crippen molar-refractivity contribution in [3.05, 3.63) is 96.1 Å². The maximum Gasteiger partial charge on any atom is 0.342 e. The van der Waals surface area contributed by atoms with Gasteiger partial charge >= 0.3 is 11.9 Å². The summed E-state index contributed by atoms with van der Waals surface area (Å²) in [5.74, 6) is -0.658. The highest BCUT2D eigenvalue weighted by Crippen LogP contribution is 2.37. The summed E-state index contributed by atoms with van der Waals surface area (Å²) < 4.78 is 10.7. The zero-order valence-electron chi connectivity index (χ0n) is 20.4. The van der Waals surface area contributed by atoms with E-state index in [-0.39, 0.29) is 24.1 Å². The molecule has 182 valence electrons. The summed E-state index contributed by atoms with van der Waals surface area (Å²) in [7, 11) is 0. The fraction of sp³-hybridized carbons (Fsp3) is 0.172. The highest BCUT2D eigenvalue weighted by molar-refractivity contribution is 6.05. The summed E-state index contributed by atoms with van der Waals surface area (Å²) >= 11 is 0. The van der Waals surface area contributed by atoms with Gasteiger partial charge in [0.05, 0.1) is 18.3 Å². The summed E-state index contributed by atoms with van der Waals surface area (Å²) in [6, 6.07) is 25.9. The molecule has 1 aromatic heterocycles. The molecule has 0 fully saturated rings. The molecule has 7 nitrogen and oxygen atoms in total. The average molecular weight is 482 g/mol. The van der Waals surface area contributed by atoms with Crippen molar-refractivity contribution in [2.24, 2.45) is 0 Å². The number of benzene rings is 3. The van der Waals surface area contributed by atoms with Crippen LogP contribution < -0.4 is 5.32 Å². The molecule has 1 heterocycles. The Bertz CT molecular complexity index is 1340. The van der Waals surface area contributed by atoms with Crippen molar-refractivity contribution in [3.63, 3.8) is 0 Å². The molecule has 4 rings (SSSR count). The first kappa shape index (κ1) is 24.6. The molecule has 0 aliphatic carbocycles. The van der Waals surface area contributed by atoms with Gasteiger partial charge in [-0.1, -0.05) is 60.7 Å². The predicted molar refractivity (Wildman–Crippen MR) is 139 cm³/mol. The number of esters is 2. The Hall–Kier alpha value is -4.52. The van der Waals surface area contributed by atoms with Crippen molar-refractivity contribution in [1.82, 2.24) is 10.2 Å². The van der Waals surface area contributed by atoms with E-state index in [0.29, 0.717) is 22.5 Å². The minimum Gasteiger partial charge on any atom is -0.462 e. The second-order valence-corrected chi connectivity index (χ2v) is 8.26. The largest absolute Gasteiger partial charge is 0.462 e. The maximum atomic E-state index is 13.3. The molecule has 1 N–H and O–H groups in total. The Morgan fingerprint density at radius 1 is 0.806 bits per heavy atom. The Morgan fingerprint density at radius 2 is 1.42 bits per heavy atom. The molecule has 0 saturated heterocycles. The third kappa shape index (κ3) is 5.58. The SMILES string of the molecule is CCOC(=O)c1c(Nc2ccc(C(=O)OC(C)C)cc2)nnc(-c2ccccc2)c1-c1ccccc1. The highest BCUT2D eigenvalue weighted by Gasteiger charge is 2.26. The molecule has 0 radical (unpaired) electrons. The molecule has 0 saturated carbocycles. The topological polar surface area (TPSA) is 90.4 Å². The smallest absolute Gasteiger partial charge is 0.342 e. The second-order valence-electron chi connectivity index (χ2n) is 8.26. The van der Waals surface area contributed by atoms with E-state index in [2.05, 4.69) is 15.5 Å². The molecule has 3 aromatic carbocycles. The van der Waals surface area contributed by atoms with E-state index in [9.17, 15) is 9.59 Å². The number of rotatable bonds is 8. The fourth-order valence-corrected chi connectivity index (χ4v) is 3.72. The van der Waals surface area contributed by atoms with Crippen LogP contribution in [0.15, 0.2) is 84.9 Å². The zero-order valence-corrected chi connectivity index (χ0v) is 20.4. The van der Waals surface area contributed by atoms with Crippen LogP contribution in [0.3, 0.4) is 0 Å². The van der Waals surface area contributed by atoms with Crippen LogP contribution in [0.25, 0.3) is 22.4 Å². The van der Waals surface area contributed by atoms with Gasteiger partial charge in [-0.15, -0.1) is 10.2 Å². The van der Waals surface area contributed by atoms with E-state index in [1.165, 1.54) is 0 Å². The summed E-state index contributed by atoms with van der Waals surface area (Å²) in [5.41, 5.74) is 4.16. The van der Waals surface area contributed by atoms with Crippen LogP contribution in [0.4, 0.5) is 11.5 Å². The van der Waals surface area contributed by atoms with E-state index in [0.717, 1.165) is 11.1 Å². The standard InChI is InChI=1S/C29H27N3O4/c1-4-35-29(34)25-24(20-11-7-5-8-12-20)26(21-13-9-6-10-14-21)31-32-27(25)30-23-17-15-22(16-18-23)28(33)36-19(2)3/h5-19H,4H2,1-3H3,(H,30,32). The number of hydrogen-bond acceptors (Lipinski definition) is 7. The molecule has 4 aromatic rings. The van der Waals surface area contributed by atoms with Crippen LogP contribution in [0.2, 0.25) is 0 Å². The zero-order chi connectivity index (χ0) is 25.5. The molecule has 7 heteroatoms. The number of anilines is 2. The Kier molecular flexibility index (Phi) is 7.70. The monoisotopic (exact) mass is 481 g/mol. The summed E-state index contributed by atoms with van der Waals surface area (Å²) in [6.45, 7) is 5.57. The number of carbonyl (C=O) groups is 2. The maximum absolute atomic E-state index is 13.3. The molecule has 0 bridgehead atoms. The van der Waals surface area contributed by atoms with Gasteiger partial charge in [-0.3, -0.25) is 0 Å². The summed E-state index contributed by atoms with van der Waals surface area (Å²) in [6.07, 6.45) is -0.211. The van der Waals surface area contributed by atoms with Gasteiger partial charge in [0.2, 0.25) is 0 Å². The quantitative estimate of drug-likeness (QED) is 0.296. The van der Waals surface area contributed by atoms with Crippen molar-refractivity contribution in [3.8, 4) is 22.4 Å². The van der Waals surface area contributed by atoms with E-state index < -0.39 is 11.9 Å². The molecule has 0 aliphatic heterocycles. The number of hydrogen-bond donors (Lipinski definition) is 1. The van der Waals surface area contributed by atoms with E-state index in [4.69, 9.17) is 9.47 Å². The third-order valence-electron chi connectivity index (χ3n) is 5.29. The molecule has 36 heavy (non-hydrogen) atoms. The molecule has 0 aliphatic rings. The summed E-state index contributed by atoms with van der Waals surface area (Å²) in [5, 5.41) is 12.1. The van der Waals surface area contributed by atoms with Crippen molar-refractivity contribution in [1.29, 1.82) is 0 Å². The second kappa shape index (κ2) is 11.3. The Balaban J connectivity index is 1.82. The lowest BCUT2D eigenvalue weighted by atomic mass is 9.95. The number of ether oxygens (including phenoxy) is 2. The van der Waals surface area contributed by atoms with E-state index in [1.54, 1.807) is 45.0 Å². The number of carbonyl (C=O) groups excluding carboxylic acids is 2. The van der Waals surface area contributed by atoms with Crippen molar-refractivity contribution < 1.29 is 19.1 Å². The lowest BCUT2D eigenvalue weighted by Crippen LogP contribution is -2.14. The molecule has 0 unspecified atom stereocenters. The highest BCUT2D eigenvalue weighted by atomic mass is 16.5. The van der Waals surface area contributed by atoms with Crippen LogP contribution in [0, 0.1) is 0 Å². The van der Waals surface area contributed by atoms with Gasteiger partial charge in [-0.25, -0.2) is 9.59 Å². The van der Waals surface area contributed by atoms with Crippen LogP contribution >= 0.6 is 0 Å². The molecule has 0 atom stereocenters. The van der Waals surface area contributed by atoms with Gasteiger partial charge in [0.15, 0.2) is 5.82 Å². The summed E-state index contributed by atoms with van der Waals surface area (Å²) in [4.78, 5) is 25.5. The predicted octanol–water partition coefficient (Wildman–Crippen LogP) is 6.30. The van der Waals surface area contributed by atoms with E-state index >= 15 is 0 Å². The van der Waals surface area contributed by atoms with Crippen LogP contribution in [0.5, 0.6) is 0 Å². The minimum atomic E-state index is -0.511. The van der Waals surface area contributed by atoms with Crippen molar-refractivity contribution >= 4 is 23.4 Å². The third-order valence-corrected chi connectivity index (χ3v) is 5.29. The first-order chi connectivity index (χ1) is 17.5. The number of nitrogens with zero attached hydrogens (tertiary/aromatic N) is 2. The van der Waals surface area contributed by atoms with Crippen molar-refractivity contribution in [2.75, 3.05) is 11.9 Å². The first-order valence-electron chi connectivity index (χ1n) is 11.7. The fourth-order valence-electron chi connectivity index (χ4n) is 3.72. The van der Waals surface area contributed by atoms with Crippen molar-refractivity contribution in [2.45, 2.75) is 26.9 Å². The van der Waals surface area contributed by atoms with Gasteiger partial charge in [-0.05, 0) is 50.6 Å². The number of aromatic nitrogens is 2. The van der Waals surface area contributed by atoms with Gasteiger partial charge in [0.25, 0.3) is 0 Å². The van der Waals surface area contributed by atoms with Crippen LogP contribution in [0.1, 0.15) is 41.5 Å². The van der Waals surface area contributed by atoms with Crippen LogP contribution in [-0.2, 0) is 9.47 Å². The molecule has 0 amide bonds. The van der Waals surface area contributed by atoms with E-state index in [1.807, 2.05) is 60.7 Å². The number of nitrogens with one attached hydrogen (secondary N) is 1. The van der Waals surface area contributed by atoms with Gasteiger partial charge in [0.1, 0.15) is 11.3 Å². The van der Waals surface area contributed by atoms with Gasteiger partial charge in [0, 0.05) is 16.8 Å². The Morgan fingerprint density at radius 3 is 2.00 bits per heavy atom. The molecular weight excluding hydrogens is 454 g/mol. The molecular formula is C29H27N3O4. The normalized spacial score (nSPS) is 10.7. The molecule has 0 spiro atoms. The average Bonchev–Trinajstić information content (AvgIpc) is 2.89.